The minimum atomic E-state index is 0.310. The van der Waals surface area contributed by atoms with Gasteiger partial charge in [-0.3, -0.25) is 10.2 Å². The highest BCUT2D eigenvalue weighted by molar-refractivity contribution is 5.44. The molecule has 0 bridgehead atoms. The van der Waals surface area contributed by atoms with Crippen molar-refractivity contribution in [3.8, 4) is 0 Å². The summed E-state index contributed by atoms with van der Waals surface area (Å²) in [7, 11) is 0. The van der Waals surface area contributed by atoms with Gasteiger partial charge in [-0.15, -0.1) is 0 Å². The van der Waals surface area contributed by atoms with Crippen LogP contribution in [0.2, 0.25) is 0 Å². The lowest BCUT2D eigenvalue weighted by Gasteiger charge is -2.02. The van der Waals surface area contributed by atoms with Crippen LogP contribution < -0.4 is 10.9 Å². The average molecular weight is 102 g/mol. The number of hydrogen-bond donors (Lipinski definition) is 2. The second-order valence-corrected chi connectivity index (χ2v) is 1.56. The molecular formula is C4H10N2O. The molecule has 3 heteroatoms. The molecule has 0 aromatic carbocycles. The van der Waals surface area contributed by atoms with E-state index in [1.807, 2.05) is 13.8 Å². The smallest absolute Gasteiger partial charge is 0.221 e. The number of hydrazine groups is 1. The van der Waals surface area contributed by atoms with Crippen LogP contribution in [0.5, 0.6) is 0 Å². The van der Waals surface area contributed by atoms with Crippen LogP contribution in [0, 0.1) is 0 Å². The molecule has 7 heavy (non-hydrogen) atoms. The highest BCUT2D eigenvalue weighted by atomic mass is 16.1. The molecule has 0 radical (unpaired) electrons. The zero-order valence-corrected chi connectivity index (χ0v) is 4.56. The Hall–Kier alpha value is -0.570. The van der Waals surface area contributed by atoms with Gasteiger partial charge in [0.15, 0.2) is 0 Å². The van der Waals surface area contributed by atoms with Crippen molar-refractivity contribution in [3.05, 3.63) is 0 Å². The summed E-state index contributed by atoms with van der Waals surface area (Å²) in [5.74, 6) is 0. The molecule has 0 fully saturated rings. The SMILES string of the molecule is CC(C)NNC=O. The predicted molar refractivity (Wildman–Crippen MR) is 27.5 cm³/mol. The molecule has 0 unspecified atom stereocenters. The highest BCUT2D eigenvalue weighted by Crippen LogP contribution is 1.67. The van der Waals surface area contributed by atoms with E-state index in [0.717, 1.165) is 0 Å². The van der Waals surface area contributed by atoms with Crippen LogP contribution in [-0.4, -0.2) is 12.5 Å². The fraction of sp³-hybridized carbons (Fsp3) is 0.750. The van der Waals surface area contributed by atoms with E-state index >= 15 is 0 Å². The van der Waals surface area contributed by atoms with Gasteiger partial charge in [0.05, 0.1) is 0 Å². The van der Waals surface area contributed by atoms with Gasteiger partial charge in [-0.25, -0.2) is 5.43 Å². The Morgan fingerprint density at radius 2 is 2.14 bits per heavy atom. The second kappa shape index (κ2) is 3.61. The Morgan fingerprint density at radius 1 is 1.57 bits per heavy atom. The molecule has 3 nitrogen and oxygen atoms in total. The molecular weight excluding hydrogens is 92.1 g/mol. The summed E-state index contributed by atoms with van der Waals surface area (Å²) in [5, 5.41) is 0. The maximum atomic E-state index is 9.54. The maximum absolute atomic E-state index is 9.54. The molecule has 0 rings (SSSR count). The van der Waals surface area contributed by atoms with Gasteiger partial charge in [-0.05, 0) is 13.8 Å². The summed E-state index contributed by atoms with van der Waals surface area (Å²) in [6.45, 7) is 3.88. The highest BCUT2D eigenvalue weighted by Gasteiger charge is 1.83. The Kier molecular flexibility index (Phi) is 3.32. The van der Waals surface area contributed by atoms with Crippen molar-refractivity contribution in [2.24, 2.45) is 0 Å². The first-order valence-corrected chi connectivity index (χ1v) is 2.22. The van der Waals surface area contributed by atoms with Crippen LogP contribution in [0.25, 0.3) is 0 Å². The summed E-state index contributed by atoms with van der Waals surface area (Å²) in [6, 6.07) is 0.310. The zero-order valence-electron chi connectivity index (χ0n) is 4.56. The quantitative estimate of drug-likeness (QED) is 0.377. The number of hydrogen-bond acceptors (Lipinski definition) is 2. The summed E-state index contributed by atoms with van der Waals surface area (Å²) in [6.07, 6.45) is 0.611. The van der Waals surface area contributed by atoms with E-state index in [2.05, 4.69) is 10.9 Å². The minimum Gasteiger partial charge on any atom is -0.294 e. The lowest BCUT2D eigenvalue weighted by Crippen LogP contribution is -2.35. The minimum absolute atomic E-state index is 0.310. The van der Waals surface area contributed by atoms with Crippen molar-refractivity contribution in [3.63, 3.8) is 0 Å². The summed E-state index contributed by atoms with van der Waals surface area (Å²) in [4.78, 5) is 9.54. The van der Waals surface area contributed by atoms with Crippen molar-refractivity contribution in [1.82, 2.24) is 10.9 Å². The first-order chi connectivity index (χ1) is 3.27. The van der Waals surface area contributed by atoms with E-state index in [9.17, 15) is 4.79 Å². The van der Waals surface area contributed by atoms with E-state index in [4.69, 9.17) is 0 Å². The second-order valence-electron chi connectivity index (χ2n) is 1.56. The monoisotopic (exact) mass is 102 g/mol. The van der Waals surface area contributed by atoms with Gasteiger partial charge in [0.25, 0.3) is 0 Å². The third-order valence-electron chi connectivity index (χ3n) is 0.431. The topological polar surface area (TPSA) is 41.1 Å². The van der Waals surface area contributed by atoms with Gasteiger partial charge < -0.3 is 0 Å². The number of carbonyl (C=O) groups excluding carboxylic acids is 1. The summed E-state index contributed by atoms with van der Waals surface area (Å²) < 4.78 is 0. The van der Waals surface area contributed by atoms with Crippen LogP contribution in [0.4, 0.5) is 0 Å². The maximum Gasteiger partial charge on any atom is 0.221 e. The molecule has 0 aliphatic rings. The third kappa shape index (κ3) is 5.43. The van der Waals surface area contributed by atoms with Crippen LogP contribution in [0.15, 0.2) is 0 Å². The number of carbonyl (C=O) groups is 1. The molecule has 0 aliphatic carbocycles. The lowest BCUT2D eigenvalue weighted by molar-refractivity contribution is -0.110. The Bertz CT molecular complexity index is 53.7. The van der Waals surface area contributed by atoms with E-state index in [1.165, 1.54) is 0 Å². The van der Waals surface area contributed by atoms with Crippen molar-refractivity contribution in [1.29, 1.82) is 0 Å². The number of rotatable bonds is 3. The van der Waals surface area contributed by atoms with E-state index in [0.29, 0.717) is 12.5 Å². The van der Waals surface area contributed by atoms with E-state index in [1.54, 1.807) is 0 Å². The average Bonchev–Trinajstić information content (AvgIpc) is 1.61. The molecule has 0 aromatic heterocycles. The van der Waals surface area contributed by atoms with E-state index < -0.39 is 0 Å². The van der Waals surface area contributed by atoms with Crippen LogP contribution in [0.1, 0.15) is 13.8 Å². The van der Waals surface area contributed by atoms with Crippen LogP contribution in [0.3, 0.4) is 0 Å². The molecule has 0 heterocycles. The Labute approximate surface area is 43.1 Å². The zero-order chi connectivity index (χ0) is 5.70. The number of amides is 1. The lowest BCUT2D eigenvalue weighted by atomic mass is 10.4. The van der Waals surface area contributed by atoms with Crippen LogP contribution >= 0.6 is 0 Å². The molecule has 0 aromatic rings. The molecule has 2 N–H and O–H groups in total. The van der Waals surface area contributed by atoms with Crippen molar-refractivity contribution in [2.45, 2.75) is 19.9 Å². The fourth-order valence-electron chi connectivity index (χ4n) is 0.201. The largest absolute Gasteiger partial charge is 0.294 e. The summed E-state index contributed by atoms with van der Waals surface area (Å²) >= 11 is 0. The summed E-state index contributed by atoms with van der Waals surface area (Å²) in [5.41, 5.74) is 4.99. The molecule has 0 atom stereocenters. The third-order valence-corrected chi connectivity index (χ3v) is 0.431. The molecule has 0 saturated carbocycles. The normalized spacial score (nSPS) is 9.00. The first-order valence-electron chi connectivity index (χ1n) is 2.22. The van der Waals surface area contributed by atoms with Crippen molar-refractivity contribution in [2.75, 3.05) is 0 Å². The van der Waals surface area contributed by atoms with Gasteiger partial charge in [0.1, 0.15) is 0 Å². The molecule has 0 spiro atoms. The molecule has 0 aliphatic heterocycles. The Balaban J connectivity index is 2.81. The van der Waals surface area contributed by atoms with Gasteiger partial charge in [0.2, 0.25) is 6.41 Å². The van der Waals surface area contributed by atoms with E-state index in [-0.39, 0.29) is 0 Å². The molecule has 42 valence electrons. The standard InChI is InChI=1S/C4H10N2O/c1-4(2)6-5-3-7/h3-4,6H,1-2H3,(H,5,7). The fourth-order valence-corrected chi connectivity index (χ4v) is 0.201. The van der Waals surface area contributed by atoms with Gasteiger partial charge >= 0.3 is 0 Å². The van der Waals surface area contributed by atoms with Crippen LogP contribution in [-0.2, 0) is 4.79 Å². The van der Waals surface area contributed by atoms with Crippen molar-refractivity contribution < 1.29 is 4.79 Å². The van der Waals surface area contributed by atoms with Gasteiger partial charge in [-0.2, -0.15) is 0 Å². The Morgan fingerprint density at radius 3 is 2.29 bits per heavy atom. The molecule has 0 saturated heterocycles. The van der Waals surface area contributed by atoms with Crippen molar-refractivity contribution >= 4 is 6.41 Å². The predicted octanol–water partition coefficient (Wildman–Crippen LogP) is -0.355. The van der Waals surface area contributed by atoms with Gasteiger partial charge in [-0.1, -0.05) is 0 Å². The number of nitrogens with one attached hydrogen (secondary N) is 2. The van der Waals surface area contributed by atoms with Gasteiger partial charge in [0, 0.05) is 6.04 Å². The first kappa shape index (κ1) is 6.43. The molecule has 1 amide bonds.